The Kier molecular flexibility index (Phi) is 3.68. The molecule has 0 amide bonds. The number of hydrogen-bond donors (Lipinski definition) is 3. The van der Waals surface area contributed by atoms with Crippen LogP contribution in [-0.2, 0) is 0 Å². The summed E-state index contributed by atoms with van der Waals surface area (Å²) in [5, 5.41) is 19.9. The van der Waals surface area contributed by atoms with Gasteiger partial charge in [-0.15, -0.1) is 0 Å². The van der Waals surface area contributed by atoms with E-state index in [0.29, 0.717) is 24.4 Å². The molecule has 0 radical (unpaired) electrons. The van der Waals surface area contributed by atoms with Crippen molar-refractivity contribution in [3.05, 3.63) is 11.5 Å². The van der Waals surface area contributed by atoms with Gasteiger partial charge in [0.25, 0.3) is 0 Å². The van der Waals surface area contributed by atoms with Crippen LogP contribution in [0.3, 0.4) is 0 Å². The van der Waals surface area contributed by atoms with E-state index in [1.165, 1.54) is 0 Å². The largest absolute Gasteiger partial charge is 0.396 e. The molecule has 2 heterocycles. The number of aliphatic hydroxyl groups is 1. The molecular formula is C11H16ClN5O. The van der Waals surface area contributed by atoms with Crippen LogP contribution < -0.4 is 5.32 Å². The van der Waals surface area contributed by atoms with Gasteiger partial charge in [-0.2, -0.15) is 15.1 Å². The number of nitrogens with zero attached hydrogens (tertiary/aromatic N) is 3. The lowest BCUT2D eigenvalue weighted by atomic mass is 9.90. The summed E-state index contributed by atoms with van der Waals surface area (Å²) in [6.07, 6.45) is 2.38. The van der Waals surface area contributed by atoms with E-state index in [2.05, 4.69) is 39.3 Å². The van der Waals surface area contributed by atoms with Gasteiger partial charge in [0.15, 0.2) is 5.65 Å². The summed E-state index contributed by atoms with van der Waals surface area (Å²) in [5.41, 5.74) is 0.583. The third-order valence-corrected chi connectivity index (χ3v) is 2.97. The fraction of sp³-hybridized carbons (Fsp3) is 0.545. The molecule has 0 bridgehead atoms. The minimum atomic E-state index is -0.0256. The average Bonchev–Trinajstić information content (AvgIpc) is 2.73. The van der Waals surface area contributed by atoms with Gasteiger partial charge < -0.3 is 10.4 Å². The molecule has 2 rings (SSSR count). The fourth-order valence-corrected chi connectivity index (χ4v) is 1.83. The molecule has 2 aromatic heterocycles. The number of fused-ring (bicyclic) bond motifs is 1. The molecule has 2 aromatic rings. The monoisotopic (exact) mass is 269 g/mol. The van der Waals surface area contributed by atoms with Crippen molar-refractivity contribution in [1.82, 2.24) is 20.2 Å². The van der Waals surface area contributed by atoms with Crippen molar-refractivity contribution in [3.63, 3.8) is 0 Å². The van der Waals surface area contributed by atoms with E-state index in [4.69, 9.17) is 16.7 Å². The first-order chi connectivity index (χ1) is 8.52. The van der Waals surface area contributed by atoms with Crippen LogP contribution in [0.1, 0.15) is 20.3 Å². The maximum absolute atomic E-state index is 8.99. The number of anilines is 1. The van der Waals surface area contributed by atoms with Gasteiger partial charge in [-0.05, 0) is 23.4 Å². The summed E-state index contributed by atoms with van der Waals surface area (Å²) in [4.78, 5) is 8.19. The van der Waals surface area contributed by atoms with E-state index in [1.54, 1.807) is 6.20 Å². The van der Waals surface area contributed by atoms with E-state index in [1.807, 2.05) is 0 Å². The van der Waals surface area contributed by atoms with Crippen molar-refractivity contribution in [2.75, 3.05) is 18.5 Å². The van der Waals surface area contributed by atoms with E-state index >= 15 is 0 Å². The highest BCUT2D eigenvalue weighted by atomic mass is 35.5. The van der Waals surface area contributed by atoms with Crippen LogP contribution in [0.4, 0.5) is 5.82 Å². The zero-order valence-corrected chi connectivity index (χ0v) is 11.1. The fourth-order valence-electron chi connectivity index (χ4n) is 1.66. The number of hydrogen-bond acceptors (Lipinski definition) is 5. The number of aromatic nitrogens is 4. The Morgan fingerprint density at radius 2 is 2.22 bits per heavy atom. The average molecular weight is 270 g/mol. The Morgan fingerprint density at radius 3 is 2.94 bits per heavy atom. The number of rotatable bonds is 5. The van der Waals surface area contributed by atoms with Crippen LogP contribution in [0.25, 0.3) is 11.0 Å². The molecule has 0 spiro atoms. The second-order valence-corrected chi connectivity index (χ2v) is 5.30. The SMILES string of the molecule is CC(C)(CCO)CNc1nc(Cl)nc2[nH]ncc12. The Hall–Kier alpha value is -1.40. The first kappa shape index (κ1) is 13.0. The van der Waals surface area contributed by atoms with Crippen LogP contribution in [0.5, 0.6) is 0 Å². The van der Waals surface area contributed by atoms with E-state index < -0.39 is 0 Å². The molecule has 0 aliphatic heterocycles. The molecule has 98 valence electrons. The van der Waals surface area contributed by atoms with Crippen molar-refractivity contribution in [3.8, 4) is 0 Å². The Balaban J connectivity index is 2.19. The van der Waals surface area contributed by atoms with Crippen LogP contribution in [0, 0.1) is 5.41 Å². The lowest BCUT2D eigenvalue weighted by Crippen LogP contribution is -2.24. The lowest BCUT2D eigenvalue weighted by Gasteiger charge is -2.24. The van der Waals surface area contributed by atoms with Crippen LogP contribution in [-0.4, -0.2) is 38.4 Å². The number of nitrogens with one attached hydrogen (secondary N) is 2. The number of halogens is 1. The van der Waals surface area contributed by atoms with Gasteiger partial charge in [-0.25, -0.2) is 0 Å². The van der Waals surface area contributed by atoms with Gasteiger partial charge in [0.05, 0.1) is 11.6 Å². The Bertz CT molecular complexity index is 539. The highest BCUT2D eigenvalue weighted by Gasteiger charge is 2.18. The molecule has 6 nitrogen and oxygen atoms in total. The van der Waals surface area contributed by atoms with Crippen molar-refractivity contribution in [2.45, 2.75) is 20.3 Å². The predicted molar refractivity (Wildman–Crippen MR) is 70.7 cm³/mol. The van der Waals surface area contributed by atoms with Gasteiger partial charge in [-0.3, -0.25) is 5.10 Å². The minimum absolute atomic E-state index is 0.0256. The topological polar surface area (TPSA) is 86.7 Å². The first-order valence-corrected chi connectivity index (χ1v) is 6.11. The third kappa shape index (κ3) is 2.88. The maximum Gasteiger partial charge on any atom is 0.226 e. The molecular weight excluding hydrogens is 254 g/mol. The summed E-state index contributed by atoms with van der Waals surface area (Å²) in [6, 6.07) is 0. The first-order valence-electron chi connectivity index (χ1n) is 5.73. The molecule has 18 heavy (non-hydrogen) atoms. The molecule has 0 aliphatic rings. The van der Waals surface area contributed by atoms with Crippen molar-refractivity contribution in [1.29, 1.82) is 0 Å². The number of H-pyrrole nitrogens is 1. The van der Waals surface area contributed by atoms with Gasteiger partial charge in [0.1, 0.15) is 5.82 Å². The minimum Gasteiger partial charge on any atom is -0.396 e. The molecule has 0 unspecified atom stereocenters. The van der Waals surface area contributed by atoms with Gasteiger partial charge in [0, 0.05) is 13.2 Å². The van der Waals surface area contributed by atoms with Gasteiger partial charge >= 0.3 is 0 Å². The highest BCUT2D eigenvalue weighted by molar-refractivity contribution is 6.28. The Morgan fingerprint density at radius 1 is 1.44 bits per heavy atom. The van der Waals surface area contributed by atoms with Crippen molar-refractivity contribution >= 4 is 28.5 Å². The summed E-state index contributed by atoms with van der Waals surface area (Å²) in [6.45, 7) is 5.00. The summed E-state index contributed by atoms with van der Waals surface area (Å²) in [5.74, 6) is 0.657. The molecule has 0 fully saturated rings. The molecule has 0 saturated heterocycles. The van der Waals surface area contributed by atoms with E-state index in [0.717, 1.165) is 5.39 Å². The maximum atomic E-state index is 8.99. The van der Waals surface area contributed by atoms with Crippen molar-refractivity contribution < 1.29 is 5.11 Å². The van der Waals surface area contributed by atoms with Crippen LogP contribution >= 0.6 is 11.6 Å². The zero-order chi connectivity index (χ0) is 13.2. The molecule has 0 aliphatic carbocycles. The number of aromatic amines is 1. The second-order valence-electron chi connectivity index (χ2n) is 4.96. The molecule has 0 saturated carbocycles. The third-order valence-electron chi connectivity index (χ3n) is 2.81. The summed E-state index contributed by atoms with van der Waals surface area (Å²) >= 11 is 5.84. The van der Waals surface area contributed by atoms with Crippen LogP contribution in [0.2, 0.25) is 5.28 Å². The number of aliphatic hydroxyl groups excluding tert-OH is 1. The summed E-state index contributed by atoms with van der Waals surface area (Å²) in [7, 11) is 0. The molecule has 7 heteroatoms. The summed E-state index contributed by atoms with van der Waals surface area (Å²) < 4.78 is 0. The van der Waals surface area contributed by atoms with E-state index in [-0.39, 0.29) is 17.3 Å². The van der Waals surface area contributed by atoms with E-state index in [9.17, 15) is 0 Å². The highest BCUT2D eigenvalue weighted by Crippen LogP contribution is 2.24. The second kappa shape index (κ2) is 5.07. The predicted octanol–water partition coefficient (Wildman–Crippen LogP) is 1.83. The van der Waals surface area contributed by atoms with Gasteiger partial charge in [0.2, 0.25) is 5.28 Å². The molecule has 0 atom stereocenters. The van der Waals surface area contributed by atoms with Crippen molar-refractivity contribution in [2.24, 2.45) is 5.41 Å². The smallest absolute Gasteiger partial charge is 0.226 e. The quantitative estimate of drug-likeness (QED) is 0.721. The standard InChI is InChI=1S/C11H16ClN5O/c1-11(2,3-4-18)6-13-8-7-5-14-17-9(7)16-10(12)15-8/h5,18H,3-4,6H2,1-2H3,(H2,13,14,15,16,17). The lowest BCUT2D eigenvalue weighted by molar-refractivity contribution is 0.220. The zero-order valence-electron chi connectivity index (χ0n) is 10.4. The molecule has 0 aromatic carbocycles. The van der Waals surface area contributed by atoms with Crippen LogP contribution in [0.15, 0.2) is 6.20 Å². The normalized spacial score (nSPS) is 12.0. The Labute approximate surface area is 110 Å². The van der Waals surface area contributed by atoms with Gasteiger partial charge in [-0.1, -0.05) is 13.8 Å². The molecule has 3 N–H and O–H groups in total.